The number of benzene rings is 2. The number of hydrogen-bond acceptors (Lipinski definition) is 5. The predicted molar refractivity (Wildman–Crippen MR) is 123 cm³/mol. The van der Waals surface area contributed by atoms with Crippen molar-refractivity contribution in [1.29, 1.82) is 0 Å². The first-order valence-corrected chi connectivity index (χ1v) is 11.5. The number of rotatable bonds is 8. The summed E-state index contributed by atoms with van der Waals surface area (Å²) in [5.41, 5.74) is 2.32. The third-order valence-corrected chi connectivity index (χ3v) is 4.26. The Labute approximate surface area is 197 Å². The molecule has 11 heteroatoms. The number of carbonyl (C=O) groups excluding carboxylic acids is 1. The second-order valence-electron chi connectivity index (χ2n) is 6.38. The number of carboxylic acid groups (broad SMARTS) is 1. The Bertz CT molecular complexity index is 906. The Hall–Kier alpha value is -2.17. The number of methoxy groups -OCH3 is 1. The quantitative estimate of drug-likeness (QED) is 0.336. The Morgan fingerprint density at radius 1 is 0.812 bits per heavy atom. The van der Waals surface area contributed by atoms with Crippen LogP contribution in [0.15, 0.2) is 48.5 Å². The van der Waals surface area contributed by atoms with Gasteiger partial charge in [0.25, 0.3) is 0 Å². The number of hydrogen-bond donors (Lipinski definition) is 3. The Balaban J connectivity index is 0.000000499. The molecule has 178 valence electrons. The van der Waals surface area contributed by atoms with Crippen molar-refractivity contribution < 1.29 is 37.0 Å². The van der Waals surface area contributed by atoms with Crippen LogP contribution in [0.5, 0.6) is 0 Å². The average molecular weight is 509 g/mol. The highest BCUT2D eigenvalue weighted by atomic mass is 35.5. The summed E-state index contributed by atoms with van der Waals surface area (Å²) in [6.45, 7) is 0. The van der Waals surface area contributed by atoms with Crippen LogP contribution in [0, 0.1) is 0 Å². The second kappa shape index (κ2) is 16.5. The summed E-state index contributed by atoms with van der Waals surface area (Å²) in [5.74, 6) is -0.895. The van der Waals surface area contributed by atoms with E-state index >= 15 is 0 Å². The minimum Gasteiger partial charge on any atom is -0.481 e. The molecular formula is C21H26Cl2O8S. The number of aliphatic carboxylic acids is 1. The number of ether oxygens (including phenoxy) is 1. The van der Waals surface area contributed by atoms with Gasteiger partial charge in [-0.2, -0.15) is 8.42 Å². The van der Waals surface area contributed by atoms with E-state index in [1.807, 2.05) is 48.5 Å². The minimum absolute atomic E-state index is 0.154. The summed E-state index contributed by atoms with van der Waals surface area (Å²) in [6.07, 6.45) is 3.86. The highest BCUT2D eigenvalue weighted by Crippen LogP contribution is 2.12. The Morgan fingerprint density at radius 2 is 1.16 bits per heavy atom. The van der Waals surface area contributed by atoms with Crippen LogP contribution in [0.2, 0.25) is 10.0 Å². The molecule has 0 amide bonds. The van der Waals surface area contributed by atoms with Gasteiger partial charge in [0, 0.05) is 22.9 Å². The van der Waals surface area contributed by atoms with Crippen molar-refractivity contribution in [3.63, 3.8) is 0 Å². The van der Waals surface area contributed by atoms with Crippen LogP contribution in [0.25, 0.3) is 0 Å². The molecule has 32 heavy (non-hydrogen) atoms. The van der Waals surface area contributed by atoms with Gasteiger partial charge in [-0.1, -0.05) is 47.5 Å². The molecule has 0 atom stereocenters. The van der Waals surface area contributed by atoms with Gasteiger partial charge >= 0.3 is 22.3 Å². The first kappa shape index (κ1) is 29.8. The zero-order valence-corrected chi connectivity index (χ0v) is 19.7. The van der Waals surface area contributed by atoms with Crippen LogP contribution in [0.3, 0.4) is 0 Å². The van der Waals surface area contributed by atoms with Crippen LogP contribution >= 0.6 is 23.2 Å². The molecule has 0 unspecified atom stereocenters. The molecule has 0 aliphatic heterocycles. The molecule has 0 saturated carbocycles. The van der Waals surface area contributed by atoms with Crippen LogP contribution < -0.4 is 0 Å². The fraction of sp³-hybridized carbons (Fsp3) is 0.333. The number of aryl methyl sites for hydroxylation is 2. The molecule has 2 rings (SSSR count). The molecule has 2 aromatic rings. The smallest absolute Gasteiger partial charge is 0.394 e. The van der Waals surface area contributed by atoms with Crippen molar-refractivity contribution in [2.45, 2.75) is 38.5 Å². The standard InChI is InChI=1S/C11H13ClO2.C10H11ClO2.H2O4S/c1-14-11(13)4-2-3-9-5-7-10(12)8-6-9;11-9-6-4-8(5-7-9)2-1-3-10(12)13;1-5(2,3)4/h5-8H,2-4H2,1H3;4-7H,1-3H2,(H,12,13);(H2,1,2,3,4). The molecule has 3 N–H and O–H groups in total. The molecule has 0 fully saturated rings. The maximum atomic E-state index is 10.8. The Morgan fingerprint density at radius 3 is 1.47 bits per heavy atom. The minimum atomic E-state index is -4.67. The third-order valence-electron chi connectivity index (χ3n) is 3.76. The van der Waals surface area contributed by atoms with E-state index in [2.05, 4.69) is 4.74 Å². The zero-order chi connectivity index (χ0) is 24.6. The van der Waals surface area contributed by atoms with Gasteiger partial charge < -0.3 is 9.84 Å². The highest BCUT2D eigenvalue weighted by molar-refractivity contribution is 7.79. The first-order valence-electron chi connectivity index (χ1n) is 9.38. The zero-order valence-electron chi connectivity index (χ0n) is 17.4. The lowest BCUT2D eigenvalue weighted by molar-refractivity contribution is -0.140. The summed E-state index contributed by atoms with van der Waals surface area (Å²) in [4.78, 5) is 21.0. The SMILES string of the molecule is COC(=O)CCCc1ccc(Cl)cc1.O=C(O)CCCc1ccc(Cl)cc1.O=S(=O)(O)O. The van der Waals surface area contributed by atoms with Gasteiger partial charge in [0.15, 0.2) is 0 Å². The molecule has 8 nitrogen and oxygen atoms in total. The summed E-state index contributed by atoms with van der Waals surface area (Å²) in [7, 11) is -3.26. The predicted octanol–water partition coefficient (Wildman–Crippen LogP) is 4.93. The number of esters is 1. The van der Waals surface area contributed by atoms with Gasteiger partial charge in [0.2, 0.25) is 0 Å². The van der Waals surface area contributed by atoms with E-state index in [1.165, 1.54) is 12.7 Å². The lowest BCUT2D eigenvalue weighted by Gasteiger charge is -2.00. The third kappa shape index (κ3) is 19.8. The van der Waals surface area contributed by atoms with E-state index in [0.29, 0.717) is 17.9 Å². The largest absolute Gasteiger partial charge is 0.481 e. The normalized spacial score (nSPS) is 10.2. The Kier molecular flexibility index (Phi) is 15.3. The monoisotopic (exact) mass is 508 g/mol. The van der Waals surface area contributed by atoms with Crippen LogP contribution in [0.4, 0.5) is 0 Å². The molecule has 0 aromatic heterocycles. The molecule has 0 aliphatic rings. The molecule has 0 bridgehead atoms. The van der Waals surface area contributed by atoms with Crippen molar-refractivity contribution in [2.24, 2.45) is 0 Å². The van der Waals surface area contributed by atoms with Gasteiger partial charge in [0.1, 0.15) is 0 Å². The maximum Gasteiger partial charge on any atom is 0.394 e. The summed E-state index contributed by atoms with van der Waals surface area (Å²) in [6, 6.07) is 15.1. The highest BCUT2D eigenvalue weighted by Gasteiger charge is 2.00. The van der Waals surface area contributed by atoms with Crippen molar-refractivity contribution in [2.75, 3.05) is 7.11 Å². The summed E-state index contributed by atoms with van der Waals surface area (Å²) < 4.78 is 36.1. The number of carbonyl (C=O) groups is 2. The lowest BCUT2D eigenvalue weighted by atomic mass is 10.1. The van der Waals surface area contributed by atoms with Crippen molar-refractivity contribution in [1.82, 2.24) is 0 Å². The van der Waals surface area contributed by atoms with Gasteiger partial charge in [-0.05, 0) is 61.1 Å². The topological polar surface area (TPSA) is 138 Å². The molecule has 0 aliphatic carbocycles. The number of halogens is 2. The van der Waals surface area contributed by atoms with Gasteiger partial charge in [-0.15, -0.1) is 0 Å². The molecule has 0 radical (unpaired) electrons. The van der Waals surface area contributed by atoms with Crippen molar-refractivity contribution >= 4 is 45.5 Å². The van der Waals surface area contributed by atoms with E-state index in [0.717, 1.165) is 29.8 Å². The molecule has 2 aromatic carbocycles. The average Bonchev–Trinajstić information content (AvgIpc) is 2.70. The van der Waals surface area contributed by atoms with Crippen molar-refractivity contribution in [3.8, 4) is 0 Å². The fourth-order valence-corrected chi connectivity index (χ4v) is 2.54. The molecule has 0 spiro atoms. The van der Waals surface area contributed by atoms with E-state index in [-0.39, 0.29) is 12.4 Å². The van der Waals surface area contributed by atoms with E-state index in [1.54, 1.807) is 0 Å². The summed E-state index contributed by atoms with van der Waals surface area (Å²) in [5, 5.41) is 9.86. The summed E-state index contributed by atoms with van der Waals surface area (Å²) >= 11 is 11.4. The lowest BCUT2D eigenvalue weighted by Crippen LogP contribution is -2.00. The second-order valence-corrected chi connectivity index (χ2v) is 8.15. The van der Waals surface area contributed by atoms with Gasteiger partial charge in [-0.3, -0.25) is 18.7 Å². The molecule has 0 heterocycles. The first-order chi connectivity index (χ1) is 14.9. The molecule has 0 saturated heterocycles. The number of carboxylic acids is 1. The van der Waals surface area contributed by atoms with Gasteiger partial charge in [0.05, 0.1) is 7.11 Å². The van der Waals surface area contributed by atoms with Crippen LogP contribution in [-0.2, 0) is 37.6 Å². The van der Waals surface area contributed by atoms with Crippen molar-refractivity contribution in [3.05, 3.63) is 69.7 Å². The van der Waals surface area contributed by atoms with E-state index in [4.69, 9.17) is 45.8 Å². The van der Waals surface area contributed by atoms with Crippen LogP contribution in [0.1, 0.15) is 36.8 Å². The molecular weight excluding hydrogens is 483 g/mol. The van der Waals surface area contributed by atoms with Gasteiger partial charge in [-0.25, -0.2) is 0 Å². The fourth-order valence-electron chi connectivity index (χ4n) is 2.28. The maximum absolute atomic E-state index is 10.8. The van der Waals surface area contributed by atoms with E-state index < -0.39 is 16.4 Å². The van der Waals surface area contributed by atoms with Crippen LogP contribution in [-0.4, -0.2) is 41.7 Å². The van der Waals surface area contributed by atoms with E-state index in [9.17, 15) is 9.59 Å².